The summed E-state index contributed by atoms with van der Waals surface area (Å²) in [6, 6.07) is 5.98. The Hall–Kier alpha value is -1.92. The molecule has 0 saturated carbocycles. The Morgan fingerprint density at radius 1 is 1.45 bits per heavy atom. The van der Waals surface area contributed by atoms with Gasteiger partial charge in [0.15, 0.2) is 0 Å². The standard InChI is InChI=1S/C15H18ClFN4O/c1-9(10(2)18)15(22)20-14-5-6-19-21(14)8-11-3-4-12(16)13(17)7-11/h3-7,9-10H,8,18H2,1-2H3,(H,20,22). The van der Waals surface area contributed by atoms with E-state index in [1.807, 2.05) is 0 Å². The first kappa shape index (κ1) is 16.5. The van der Waals surface area contributed by atoms with Gasteiger partial charge in [-0.3, -0.25) is 4.79 Å². The topological polar surface area (TPSA) is 72.9 Å². The molecule has 0 bridgehead atoms. The number of aromatic nitrogens is 2. The van der Waals surface area contributed by atoms with Gasteiger partial charge in [0.2, 0.25) is 5.91 Å². The van der Waals surface area contributed by atoms with Crippen molar-refractivity contribution in [1.82, 2.24) is 9.78 Å². The molecule has 0 spiro atoms. The number of halogens is 2. The highest BCUT2D eigenvalue weighted by atomic mass is 35.5. The summed E-state index contributed by atoms with van der Waals surface area (Å²) in [5.74, 6) is -0.453. The second-order valence-corrected chi connectivity index (χ2v) is 5.67. The molecule has 0 fully saturated rings. The average Bonchev–Trinajstić information content (AvgIpc) is 2.89. The van der Waals surface area contributed by atoms with Crippen LogP contribution < -0.4 is 11.1 Å². The van der Waals surface area contributed by atoms with Crippen LogP contribution in [0.15, 0.2) is 30.5 Å². The highest BCUT2D eigenvalue weighted by Crippen LogP contribution is 2.18. The number of rotatable bonds is 5. The first-order valence-electron chi connectivity index (χ1n) is 6.90. The van der Waals surface area contributed by atoms with Gasteiger partial charge in [-0.05, 0) is 24.6 Å². The predicted molar refractivity (Wildman–Crippen MR) is 84.2 cm³/mol. The van der Waals surface area contributed by atoms with E-state index in [1.54, 1.807) is 36.9 Å². The normalized spacial score (nSPS) is 13.7. The first-order valence-corrected chi connectivity index (χ1v) is 7.28. The summed E-state index contributed by atoms with van der Waals surface area (Å²) >= 11 is 5.66. The minimum Gasteiger partial charge on any atom is -0.327 e. The molecule has 0 aliphatic rings. The van der Waals surface area contributed by atoms with E-state index >= 15 is 0 Å². The van der Waals surface area contributed by atoms with E-state index < -0.39 is 5.82 Å². The molecule has 0 aliphatic heterocycles. The quantitative estimate of drug-likeness (QED) is 0.888. The van der Waals surface area contributed by atoms with E-state index in [-0.39, 0.29) is 22.9 Å². The van der Waals surface area contributed by atoms with Crippen LogP contribution in [0.5, 0.6) is 0 Å². The van der Waals surface area contributed by atoms with Gasteiger partial charge in [-0.25, -0.2) is 9.07 Å². The first-order chi connectivity index (χ1) is 10.4. The van der Waals surface area contributed by atoms with Gasteiger partial charge in [0.1, 0.15) is 11.6 Å². The molecule has 3 N–H and O–H groups in total. The Bertz CT molecular complexity index is 671. The zero-order valence-electron chi connectivity index (χ0n) is 12.4. The van der Waals surface area contributed by atoms with Gasteiger partial charge in [-0.15, -0.1) is 0 Å². The maximum atomic E-state index is 13.5. The third-order valence-corrected chi connectivity index (χ3v) is 3.79. The van der Waals surface area contributed by atoms with Gasteiger partial charge in [-0.2, -0.15) is 5.10 Å². The predicted octanol–water partition coefficient (Wildman–Crippen LogP) is 2.65. The molecule has 2 atom stereocenters. The second kappa shape index (κ2) is 6.89. The van der Waals surface area contributed by atoms with Gasteiger partial charge in [0, 0.05) is 12.1 Å². The SMILES string of the molecule is CC(N)C(C)C(=O)Nc1ccnn1Cc1ccc(Cl)c(F)c1. The number of amides is 1. The van der Waals surface area contributed by atoms with Crippen molar-refractivity contribution in [3.05, 3.63) is 46.9 Å². The fourth-order valence-electron chi connectivity index (χ4n) is 1.85. The fraction of sp³-hybridized carbons (Fsp3) is 0.333. The van der Waals surface area contributed by atoms with E-state index in [1.165, 1.54) is 12.1 Å². The summed E-state index contributed by atoms with van der Waals surface area (Å²) in [6.07, 6.45) is 1.57. The van der Waals surface area contributed by atoms with Crippen LogP contribution in [0.3, 0.4) is 0 Å². The van der Waals surface area contributed by atoms with Gasteiger partial charge in [0.05, 0.1) is 23.7 Å². The summed E-state index contributed by atoms with van der Waals surface area (Å²) in [6.45, 7) is 3.86. The van der Waals surface area contributed by atoms with Crippen molar-refractivity contribution in [2.24, 2.45) is 11.7 Å². The molecule has 1 aromatic heterocycles. The summed E-state index contributed by atoms with van der Waals surface area (Å²) < 4.78 is 15.0. The summed E-state index contributed by atoms with van der Waals surface area (Å²) in [5, 5.41) is 6.99. The maximum Gasteiger partial charge on any atom is 0.229 e. The number of benzene rings is 1. The minimum absolute atomic E-state index is 0.0727. The molecule has 1 heterocycles. The highest BCUT2D eigenvalue weighted by molar-refractivity contribution is 6.30. The number of anilines is 1. The third kappa shape index (κ3) is 3.84. The van der Waals surface area contributed by atoms with Crippen LogP contribution in [0, 0.1) is 11.7 Å². The number of hydrogen-bond acceptors (Lipinski definition) is 3. The van der Waals surface area contributed by atoms with Crippen LogP contribution in [0.25, 0.3) is 0 Å². The number of nitrogens with one attached hydrogen (secondary N) is 1. The van der Waals surface area contributed by atoms with Crippen molar-refractivity contribution in [1.29, 1.82) is 0 Å². The van der Waals surface area contributed by atoms with Crippen LogP contribution in [0.4, 0.5) is 10.2 Å². The molecule has 118 valence electrons. The van der Waals surface area contributed by atoms with E-state index in [0.29, 0.717) is 17.9 Å². The molecule has 1 aromatic carbocycles. The monoisotopic (exact) mass is 324 g/mol. The minimum atomic E-state index is -0.484. The van der Waals surface area contributed by atoms with E-state index in [2.05, 4.69) is 10.4 Å². The number of carbonyl (C=O) groups is 1. The molecular weight excluding hydrogens is 307 g/mol. The van der Waals surface area contributed by atoms with Crippen molar-refractivity contribution < 1.29 is 9.18 Å². The Balaban J connectivity index is 2.12. The van der Waals surface area contributed by atoms with Crippen LogP contribution >= 0.6 is 11.6 Å². The van der Waals surface area contributed by atoms with Crippen LogP contribution in [-0.4, -0.2) is 21.7 Å². The smallest absolute Gasteiger partial charge is 0.229 e. The van der Waals surface area contributed by atoms with E-state index in [4.69, 9.17) is 17.3 Å². The van der Waals surface area contributed by atoms with Crippen molar-refractivity contribution in [3.8, 4) is 0 Å². The lowest BCUT2D eigenvalue weighted by atomic mass is 10.0. The third-order valence-electron chi connectivity index (χ3n) is 3.49. The fourth-order valence-corrected chi connectivity index (χ4v) is 1.97. The largest absolute Gasteiger partial charge is 0.327 e. The molecule has 5 nitrogen and oxygen atoms in total. The van der Waals surface area contributed by atoms with Crippen molar-refractivity contribution in [3.63, 3.8) is 0 Å². The molecule has 0 aliphatic carbocycles. The maximum absolute atomic E-state index is 13.5. The van der Waals surface area contributed by atoms with Crippen molar-refractivity contribution in [2.45, 2.75) is 26.4 Å². The van der Waals surface area contributed by atoms with Gasteiger partial charge >= 0.3 is 0 Å². The lowest BCUT2D eigenvalue weighted by molar-refractivity contribution is -0.119. The van der Waals surface area contributed by atoms with Crippen molar-refractivity contribution in [2.75, 3.05) is 5.32 Å². The zero-order valence-corrected chi connectivity index (χ0v) is 13.1. The number of hydrogen-bond donors (Lipinski definition) is 2. The molecule has 2 rings (SSSR count). The average molecular weight is 325 g/mol. The molecule has 0 saturated heterocycles. The van der Waals surface area contributed by atoms with Crippen molar-refractivity contribution >= 4 is 23.3 Å². The molecule has 22 heavy (non-hydrogen) atoms. The number of nitrogens with two attached hydrogens (primary N) is 1. The number of nitrogens with zero attached hydrogens (tertiary/aromatic N) is 2. The lowest BCUT2D eigenvalue weighted by Crippen LogP contribution is -2.34. The lowest BCUT2D eigenvalue weighted by Gasteiger charge is -2.16. The summed E-state index contributed by atoms with van der Waals surface area (Å²) in [4.78, 5) is 12.0. The van der Waals surface area contributed by atoms with Crippen LogP contribution in [0.1, 0.15) is 19.4 Å². The van der Waals surface area contributed by atoms with Crippen LogP contribution in [-0.2, 0) is 11.3 Å². The summed E-state index contributed by atoms with van der Waals surface area (Å²) in [7, 11) is 0. The van der Waals surface area contributed by atoms with E-state index in [9.17, 15) is 9.18 Å². The summed E-state index contributed by atoms with van der Waals surface area (Å²) in [5.41, 5.74) is 6.42. The molecule has 1 amide bonds. The van der Waals surface area contributed by atoms with Gasteiger partial charge in [-0.1, -0.05) is 24.6 Å². The Labute approximate surface area is 133 Å². The molecule has 2 aromatic rings. The Kier molecular flexibility index (Phi) is 5.15. The Morgan fingerprint density at radius 2 is 2.18 bits per heavy atom. The van der Waals surface area contributed by atoms with Crippen LogP contribution in [0.2, 0.25) is 5.02 Å². The number of carbonyl (C=O) groups excluding carboxylic acids is 1. The zero-order chi connectivity index (χ0) is 16.3. The van der Waals surface area contributed by atoms with Gasteiger partial charge in [0.25, 0.3) is 0 Å². The van der Waals surface area contributed by atoms with E-state index in [0.717, 1.165) is 0 Å². The molecule has 2 unspecified atom stereocenters. The Morgan fingerprint density at radius 3 is 2.82 bits per heavy atom. The van der Waals surface area contributed by atoms with Gasteiger partial charge < -0.3 is 11.1 Å². The second-order valence-electron chi connectivity index (χ2n) is 5.26. The molecular formula is C15H18ClFN4O. The molecule has 0 radical (unpaired) electrons. The highest BCUT2D eigenvalue weighted by Gasteiger charge is 2.18. The molecule has 7 heteroatoms.